The van der Waals surface area contributed by atoms with Crippen LogP contribution in [0.3, 0.4) is 0 Å². The van der Waals surface area contributed by atoms with E-state index in [9.17, 15) is 17.6 Å². The number of rotatable bonds is 3. The SMILES string of the molecule is O=C(c1cccnc1)N1CCN(S(=O)(=O)c2ccccc2F)CC1. The second-order valence-corrected chi connectivity index (χ2v) is 7.27. The van der Waals surface area contributed by atoms with Crippen molar-refractivity contribution in [1.82, 2.24) is 14.2 Å². The normalized spacial score (nSPS) is 16.1. The molecule has 0 N–H and O–H groups in total. The lowest BCUT2D eigenvalue weighted by atomic mass is 10.2. The lowest BCUT2D eigenvalue weighted by Gasteiger charge is -2.34. The Morgan fingerprint density at radius 2 is 1.75 bits per heavy atom. The highest BCUT2D eigenvalue weighted by molar-refractivity contribution is 7.89. The Bertz CT molecular complexity index is 835. The van der Waals surface area contributed by atoms with Crippen LogP contribution < -0.4 is 0 Å². The van der Waals surface area contributed by atoms with Crippen LogP contribution in [0, 0.1) is 5.82 Å². The zero-order chi connectivity index (χ0) is 17.2. The molecule has 1 aromatic carbocycles. The lowest BCUT2D eigenvalue weighted by Crippen LogP contribution is -2.50. The fourth-order valence-electron chi connectivity index (χ4n) is 2.60. The highest BCUT2D eigenvalue weighted by Gasteiger charge is 2.31. The van der Waals surface area contributed by atoms with Gasteiger partial charge in [-0.15, -0.1) is 0 Å². The summed E-state index contributed by atoms with van der Waals surface area (Å²) in [5.41, 5.74) is 0.461. The fraction of sp³-hybridized carbons (Fsp3) is 0.250. The lowest BCUT2D eigenvalue weighted by molar-refractivity contribution is 0.0697. The monoisotopic (exact) mass is 349 g/mol. The summed E-state index contributed by atoms with van der Waals surface area (Å²) in [7, 11) is -3.90. The van der Waals surface area contributed by atoms with Crippen molar-refractivity contribution in [3.63, 3.8) is 0 Å². The van der Waals surface area contributed by atoms with Crippen LogP contribution in [-0.4, -0.2) is 54.7 Å². The number of benzene rings is 1. The van der Waals surface area contributed by atoms with Gasteiger partial charge in [0.15, 0.2) is 0 Å². The molecule has 3 rings (SSSR count). The van der Waals surface area contributed by atoms with Crippen LogP contribution in [0.1, 0.15) is 10.4 Å². The molecular weight excluding hydrogens is 333 g/mol. The van der Waals surface area contributed by atoms with Gasteiger partial charge in [-0.1, -0.05) is 12.1 Å². The van der Waals surface area contributed by atoms with Gasteiger partial charge < -0.3 is 4.90 Å². The highest BCUT2D eigenvalue weighted by atomic mass is 32.2. The molecule has 6 nitrogen and oxygen atoms in total. The van der Waals surface area contributed by atoms with E-state index in [-0.39, 0.29) is 37.0 Å². The fourth-order valence-corrected chi connectivity index (χ4v) is 4.08. The molecule has 1 aliphatic heterocycles. The molecule has 1 aliphatic rings. The maximum atomic E-state index is 13.8. The summed E-state index contributed by atoms with van der Waals surface area (Å²) in [6, 6.07) is 8.63. The molecular formula is C16H16FN3O3S. The molecule has 0 saturated carbocycles. The van der Waals surface area contributed by atoms with Crippen LogP contribution in [-0.2, 0) is 10.0 Å². The molecule has 1 aromatic heterocycles. The molecule has 2 heterocycles. The van der Waals surface area contributed by atoms with Crippen LogP contribution in [0.2, 0.25) is 0 Å². The van der Waals surface area contributed by atoms with E-state index in [2.05, 4.69) is 4.98 Å². The summed E-state index contributed by atoms with van der Waals surface area (Å²) in [5.74, 6) is -0.961. The van der Waals surface area contributed by atoms with E-state index in [0.29, 0.717) is 5.56 Å². The van der Waals surface area contributed by atoms with Gasteiger partial charge in [0, 0.05) is 38.6 Å². The van der Waals surface area contributed by atoms with Crippen LogP contribution in [0.4, 0.5) is 4.39 Å². The Hall–Kier alpha value is -2.32. The molecule has 126 valence electrons. The van der Waals surface area contributed by atoms with Crippen molar-refractivity contribution in [2.24, 2.45) is 0 Å². The molecule has 8 heteroatoms. The number of piperazine rings is 1. The Balaban J connectivity index is 1.71. The van der Waals surface area contributed by atoms with E-state index in [1.165, 1.54) is 28.7 Å². The molecule has 1 fully saturated rings. The van der Waals surface area contributed by atoms with Crippen molar-refractivity contribution in [2.45, 2.75) is 4.90 Å². The summed E-state index contributed by atoms with van der Waals surface area (Å²) in [6.45, 7) is 0.758. The summed E-state index contributed by atoms with van der Waals surface area (Å²) in [5, 5.41) is 0. The van der Waals surface area contributed by atoms with Crippen molar-refractivity contribution < 1.29 is 17.6 Å². The van der Waals surface area contributed by atoms with Crippen molar-refractivity contribution in [3.05, 3.63) is 60.2 Å². The molecule has 2 aromatic rings. The summed E-state index contributed by atoms with van der Waals surface area (Å²) in [4.78, 5) is 17.5. The Morgan fingerprint density at radius 3 is 2.38 bits per heavy atom. The van der Waals surface area contributed by atoms with Crippen LogP contribution in [0.15, 0.2) is 53.7 Å². The summed E-state index contributed by atoms with van der Waals surface area (Å²) < 4.78 is 40.1. The van der Waals surface area contributed by atoms with Crippen molar-refractivity contribution in [1.29, 1.82) is 0 Å². The number of pyridine rings is 1. The minimum Gasteiger partial charge on any atom is -0.336 e. The number of hydrogen-bond donors (Lipinski definition) is 0. The Kier molecular flexibility index (Phi) is 4.59. The third-order valence-corrected chi connectivity index (χ3v) is 5.82. The first-order valence-electron chi connectivity index (χ1n) is 7.44. The molecule has 0 bridgehead atoms. The summed E-state index contributed by atoms with van der Waals surface area (Å²) >= 11 is 0. The first-order chi connectivity index (χ1) is 11.5. The average Bonchev–Trinajstić information content (AvgIpc) is 2.62. The van der Waals surface area contributed by atoms with E-state index in [0.717, 1.165) is 6.07 Å². The Labute approximate surface area is 139 Å². The van der Waals surface area contributed by atoms with Gasteiger partial charge in [0.2, 0.25) is 10.0 Å². The zero-order valence-electron chi connectivity index (χ0n) is 12.8. The van der Waals surface area contributed by atoms with Gasteiger partial charge in [-0.3, -0.25) is 9.78 Å². The number of aromatic nitrogens is 1. The maximum Gasteiger partial charge on any atom is 0.255 e. The molecule has 0 atom stereocenters. The van der Waals surface area contributed by atoms with Gasteiger partial charge in [0.1, 0.15) is 10.7 Å². The predicted molar refractivity (Wildman–Crippen MR) is 85.3 cm³/mol. The molecule has 0 unspecified atom stereocenters. The van der Waals surface area contributed by atoms with E-state index in [1.54, 1.807) is 23.2 Å². The standard InChI is InChI=1S/C16H16FN3O3S/c17-14-5-1-2-6-15(14)24(22,23)20-10-8-19(9-11-20)16(21)13-4-3-7-18-12-13/h1-7,12H,8-11H2. The second-order valence-electron chi connectivity index (χ2n) is 5.37. The molecule has 0 aliphatic carbocycles. The number of halogens is 1. The average molecular weight is 349 g/mol. The van der Waals surface area contributed by atoms with Gasteiger partial charge in [-0.05, 0) is 24.3 Å². The van der Waals surface area contributed by atoms with Crippen molar-refractivity contribution in [2.75, 3.05) is 26.2 Å². The largest absolute Gasteiger partial charge is 0.336 e. The van der Waals surface area contributed by atoms with Gasteiger partial charge in [0.25, 0.3) is 5.91 Å². The number of amides is 1. The quantitative estimate of drug-likeness (QED) is 0.839. The maximum absolute atomic E-state index is 13.8. The highest BCUT2D eigenvalue weighted by Crippen LogP contribution is 2.20. The molecule has 1 saturated heterocycles. The van der Waals surface area contributed by atoms with Gasteiger partial charge in [-0.2, -0.15) is 4.31 Å². The number of carbonyl (C=O) groups is 1. The smallest absolute Gasteiger partial charge is 0.255 e. The van der Waals surface area contributed by atoms with Gasteiger partial charge >= 0.3 is 0 Å². The third kappa shape index (κ3) is 3.15. The number of hydrogen-bond acceptors (Lipinski definition) is 4. The number of sulfonamides is 1. The first kappa shape index (κ1) is 16.5. The minimum absolute atomic E-state index is 0.128. The molecule has 0 spiro atoms. The summed E-state index contributed by atoms with van der Waals surface area (Å²) in [6.07, 6.45) is 3.06. The van der Waals surface area contributed by atoms with Gasteiger partial charge in [-0.25, -0.2) is 12.8 Å². The number of nitrogens with zero attached hydrogens (tertiary/aromatic N) is 3. The van der Waals surface area contributed by atoms with Gasteiger partial charge in [0.05, 0.1) is 5.56 Å². The van der Waals surface area contributed by atoms with Crippen LogP contribution in [0.5, 0.6) is 0 Å². The zero-order valence-corrected chi connectivity index (χ0v) is 13.6. The van der Waals surface area contributed by atoms with Crippen molar-refractivity contribution >= 4 is 15.9 Å². The van der Waals surface area contributed by atoms with E-state index < -0.39 is 15.8 Å². The van der Waals surface area contributed by atoms with E-state index >= 15 is 0 Å². The molecule has 0 radical (unpaired) electrons. The topological polar surface area (TPSA) is 70.6 Å². The third-order valence-electron chi connectivity index (χ3n) is 3.89. The van der Waals surface area contributed by atoms with Crippen molar-refractivity contribution in [3.8, 4) is 0 Å². The predicted octanol–water partition coefficient (Wildman–Crippen LogP) is 1.37. The van der Waals surface area contributed by atoms with E-state index in [1.807, 2.05) is 0 Å². The second kappa shape index (κ2) is 6.66. The molecule has 1 amide bonds. The first-order valence-corrected chi connectivity index (χ1v) is 8.88. The van der Waals surface area contributed by atoms with Crippen LogP contribution >= 0.6 is 0 Å². The number of carbonyl (C=O) groups excluding carboxylic acids is 1. The molecule has 24 heavy (non-hydrogen) atoms. The Morgan fingerprint density at radius 1 is 1.04 bits per heavy atom. The minimum atomic E-state index is -3.90. The van der Waals surface area contributed by atoms with Crippen LogP contribution in [0.25, 0.3) is 0 Å². The van der Waals surface area contributed by atoms with E-state index in [4.69, 9.17) is 0 Å².